The largest absolute Gasteiger partial charge is 0.327 e. The number of rotatable bonds is 0. The summed E-state index contributed by atoms with van der Waals surface area (Å²) in [5.74, 6) is 0. The second kappa shape index (κ2) is 2.32. The van der Waals surface area contributed by atoms with Crippen LogP contribution < -0.4 is 5.73 Å². The topological polar surface area (TPSA) is 38.9 Å². The molecule has 0 radical (unpaired) electrons. The van der Waals surface area contributed by atoms with E-state index in [1.807, 2.05) is 5.51 Å². The van der Waals surface area contributed by atoms with Crippen LogP contribution in [0.15, 0.2) is 5.51 Å². The molecule has 2 rings (SSSR count). The lowest BCUT2D eigenvalue weighted by molar-refractivity contribution is 0.574. The Bertz CT molecular complexity index is 231. The van der Waals surface area contributed by atoms with E-state index in [1.54, 1.807) is 11.3 Å². The zero-order valence-corrected chi connectivity index (χ0v) is 6.53. The molecule has 1 aliphatic carbocycles. The van der Waals surface area contributed by atoms with Crippen molar-refractivity contribution in [3.8, 4) is 0 Å². The molecule has 1 heterocycles. The van der Waals surface area contributed by atoms with E-state index in [2.05, 4.69) is 4.98 Å². The molecule has 0 saturated carbocycles. The number of thiazole rings is 1. The second-order valence-corrected chi connectivity index (χ2v) is 3.66. The smallest absolute Gasteiger partial charge is 0.0797 e. The van der Waals surface area contributed by atoms with Crippen molar-refractivity contribution >= 4 is 11.3 Å². The third-order valence-electron chi connectivity index (χ3n) is 1.92. The Hall–Kier alpha value is -0.410. The van der Waals surface area contributed by atoms with Crippen molar-refractivity contribution < 1.29 is 0 Å². The molecule has 3 heteroatoms. The normalized spacial score (nSPS) is 24.3. The molecule has 0 fully saturated rings. The fourth-order valence-electron chi connectivity index (χ4n) is 1.33. The van der Waals surface area contributed by atoms with E-state index in [0.29, 0.717) is 6.04 Å². The summed E-state index contributed by atoms with van der Waals surface area (Å²) in [6.45, 7) is 0. The number of hydrogen-bond donors (Lipinski definition) is 1. The molecule has 0 spiro atoms. The number of fused-ring (bicyclic) bond motifs is 1. The second-order valence-electron chi connectivity index (χ2n) is 2.73. The van der Waals surface area contributed by atoms with Gasteiger partial charge in [-0.05, 0) is 12.8 Å². The van der Waals surface area contributed by atoms with E-state index in [9.17, 15) is 0 Å². The molecule has 0 amide bonds. The SMILES string of the molecule is N[C@H]1CCc2scnc2C1. The Morgan fingerprint density at radius 3 is 3.50 bits per heavy atom. The Kier molecular flexibility index (Phi) is 1.47. The lowest BCUT2D eigenvalue weighted by Crippen LogP contribution is -2.27. The zero-order chi connectivity index (χ0) is 6.97. The van der Waals surface area contributed by atoms with Gasteiger partial charge < -0.3 is 5.73 Å². The molecule has 0 aliphatic heterocycles. The molecule has 2 nitrogen and oxygen atoms in total. The van der Waals surface area contributed by atoms with Gasteiger partial charge in [-0.15, -0.1) is 11.3 Å². The third kappa shape index (κ3) is 0.954. The van der Waals surface area contributed by atoms with Crippen LogP contribution >= 0.6 is 11.3 Å². The van der Waals surface area contributed by atoms with E-state index in [-0.39, 0.29) is 0 Å². The van der Waals surface area contributed by atoms with Gasteiger partial charge in [0.05, 0.1) is 11.2 Å². The van der Waals surface area contributed by atoms with E-state index >= 15 is 0 Å². The average Bonchev–Trinajstić information content (AvgIpc) is 2.33. The average molecular weight is 154 g/mol. The van der Waals surface area contributed by atoms with Crippen molar-refractivity contribution in [3.63, 3.8) is 0 Å². The van der Waals surface area contributed by atoms with Crippen LogP contribution in [0.2, 0.25) is 0 Å². The van der Waals surface area contributed by atoms with E-state index in [4.69, 9.17) is 5.73 Å². The minimum absolute atomic E-state index is 0.356. The standard InChI is InChI=1S/C7H10N2S/c8-5-1-2-7-6(3-5)9-4-10-7/h4-5H,1-3,8H2/t5-/m0/s1. The lowest BCUT2D eigenvalue weighted by atomic mass is 9.99. The maximum atomic E-state index is 5.77. The predicted octanol–water partition coefficient (Wildman–Crippen LogP) is 0.959. The van der Waals surface area contributed by atoms with Crippen LogP contribution in [0.1, 0.15) is 17.0 Å². The van der Waals surface area contributed by atoms with Gasteiger partial charge in [-0.25, -0.2) is 4.98 Å². The summed E-state index contributed by atoms with van der Waals surface area (Å²) in [5.41, 5.74) is 8.93. The molecule has 1 aromatic rings. The van der Waals surface area contributed by atoms with Crippen molar-refractivity contribution in [2.45, 2.75) is 25.3 Å². The Labute approximate surface area is 64.1 Å². The van der Waals surface area contributed by atoms with Gasteiger partial charge in [-0.3, -0.25) is 0 Å². The minimum atomic E-state index is 0.356. The maximum absolute atomic E-state index is 5.77. The fourth-order valence-corrected chi connectivity index (χ4v) is 2.15. The van der Waals surface area contributed by atoms with Gasteiger partial charge in [0.25, 0.3) is 0 Å². The molecule has 0 aromatic carbocycles. The minimum Gasteiger partial charge on any atom is -0.327 e. The summed E-state index contributed by atoms with van der Waals surface area (Å²) >= 11 is 1.76. The van der Waals surface area contributed by atoms with E-state index < -0.39 is 0 Å². The molecule has 1 atom stereocenters. The molecule has 0 unspecified atom stereocenters. The quantitative estimate of drug-likeness (QED) is 0.604. The Balaban J connectivity index is 2.30. The number of aryl methyl sites for hydroxylation is 1. The monoisotopic (exact) mass is 154 g/mol. The highest BCUT2D eigenvalue weighted by molar-refractivity contribution is 7.09. The number of aromatic nitrogens is 1. The van der Waals surface area contributed by atoms with Gasteiger partial charge in [0.15, 0.2) is 0 Å². The zero-order valence-electron chi connectivity index (χ0n) is 5.71. The van der Waals surface area contributed by atoms with Crippen LogP contribution in [-0.4, -0.2) is 11.0 Å². The molecule has 1 aliphatic rings. The number of nitrogens with zero attached hydrogens (tertiary/aromatic N) is 1. The summed E-state index contributed by atoms with van der Waals surface area (Å²) in [5, 5.41) is 0. The highest BCUT2D eigenvalue weighted by Crippen LogP contribution is 2.22. The van der Waals surface area contributed by atoms with Crippen LogP contribution in [0.4, 0.5) is 0 Å². The fraction of sp³-hybridized carbons (Fsp3) is 0.571. The van der Waals surface area contributed by atoms with Gasteiger partial charge in [0.2, 0.25) is 0 Å². The van der Waals surface area contributed by atoms with Crippen LogP contribution in [0, 0.1) is 0 Å². The summed E-state index contributed by atoms with van der Waals surface area (Å²) in [4.78, 5) is 5.69. The summed E-state index contributed by atoms with van der Waals surface area (Å²) in [6, 6.07) is 0.356. The van der Waals surface area contributed by atoms with Crippen LogP contribution in [0.25, 0.3) is 0 Å². The van der Waals surface area contributed by atoms with E-state index in [1.165, 1.54) is 10.6 Å². The lowest BCUT2D eigenvalue weighted by Gasteiger charge is -2.15. The number of nitrogens with two attached hydrogens (primary N) is 1. The first-order valence-electron chi connectivity index (χ1n) is 3.53. The number of hydrogen-bond acceptors (Lipinski definition) is 3. The van der Waals surface area contributed by atoms with Crippen molar-refractivity contribution in [1.29, 1.82) is 0 Å². The summed E-state index contributed by atoms with van der Waals surface area (Å²) in [6.07, 6.45) is 3.26. The van der Waals surface area contributed by atoms with Gasteiger partial charge in [0, 0.05) is 17.3 Å². The van der Waals surface area contributed by atoms with Gasteiger partial charge >= 0.3 is 0 Å². The van der Waals surface area contributed by atoms with E-state index in [0.717, 1.165) is 19.3 Å². The third-order valence-corrected chi connectivity index (χ3v) is 2.86. The van der Waals surface area contributed by atoms with Crippen molar-refractivity contribution in [2.75, 3.05) is 0 Å². The molecule has 54 valence electrons. The first-order chi connectivity index (χ1) is 4.86. The molecule has 1 aromatic heterocycles. The van der Waals surface area contributed by atoms with Gasteiger partial charge in [-0.1, -0.05) is 0 Å². The molecule has 2 N–H and O–H groups in total. The first-order valence-corrected chi connectivity index (χ1v) is 4.41. The summed E-state index contributed by atoms with van der Waals surface area (Å²) < 4.78 is 0. The molecular weight excluding hydrogens is 144 g/mol. The van der Waals surface area contributed by atoms with Crippen LogP contribution in [0.3, 0.4) is 0 Å². The van der Waals surface area contributed by atoms with Gasteiger partial charge in [0.1, 0.15) is 0 Å². The Morgan fingerprint density at radius 2 is 2.60 bits per heavy atom. The van der Waals surface area contributed by atoms with Crippen molar-refractivity contribution in [2.24, 2.45) is 5.73 Å². The van der Waals surface area contributed by atoms with Gasteiger partial charge in [-0.2, -0.15) is 0 Å². The molecule has 10 heavy (non-hydrogen) atoms. The Morgan fingerprint density at radius 1 is 1.70 bits per heavy atom. The molecule has 0 saturated heterocycles. The van der Waals surface area contributed by atoms with Crippen LogP contribution in [0.5, 0.6) is 0 Å². The molecule has 0 bridgehead atoms. The van der Waals surface area contributed by atoms with Crippen molar-refractivity contribution in [3.05, 3.63) is 16.1 Å². The highest BCUT2D eigenvalue weighted by Gasteiger charge is 2.16. The van der Waals surface area contributed by atoms with Crippen molar-refractivity contribution in [1.82, 2.24) is 4.98 Å². The highest BCUT2D eigenvalue weighted by atomic mass is 32.1. The predicted molar refractivity (Wildman–Crippen MR) is 42.1 cm³/mol. The first kappa shape index (κ1) is 6.31. The van der Waals surface area contributed by atoms with Crippen LogP contribution in [-0.2, 0) is 12.8 Å². The maximum Gasteiger partial charge on any atom is 0.0797 e. The molecular formula is C7H10N2S. The summed E-state index contributed by atoms with van der Waals surface area (Å²) in [7, 11) is 0.